The molecule has 0 radical (unpaired) electrons. The van der Waals surface area contributed by atoms with Crippen LogP contribution in [0.25, 0.3) is 11.4 Å². The van der Waals surface area contributed by atoms with Crippen molar-refractivity contribution in [2.24, 2.45) is 0 Å². The van der Waals surface area contributed by atoms with Crippen LogP contribution in [0.2, 0.25) is 0 Å². The first-order chi connectivity index (χ1) is 7.09. The molecule has 2 aromatic rings. The van der Waals surface area contributed by atoms with Gasteiger partial charge in [0.15, 0.2) is 5.82 Å². The second-order valence-electron chi connectivity index (χ2n) is 2.99. The van der Waals surface area contributed by atoms with Gasteiger partial charge in [0.2, 0.25) is 5.95 Å². The van der Waals surface area contributed by atoms with Crippen molar-refractivity contribution in [2.75, 3.05) is 17.3 Å². The number of aromatic nitrogens is 3. The van der Waals surface area contributed by atoms with Crippen molar-refractivity contribution in [2.45, 2.75) is 0 Å². The van der Waals surface area contributed by atoms with Gasteiger partial charge in [0.25, 0.3) is 0 Å². The Bertz CT molecular complexity index is 506. The lowest BCUT2D eigenvalue weighted by Gasteiger charge is -2.03. The fraction of sp³-hybridized carbons (Fsp3) is 0. The van der Waals surface area contributed by atoms with Crippen LogP contribution in [0, 0.1) is 0 Å². The Kier molecular flexibility index (Phi) is 2.24. The van der Waals surface area contributed by atoms with Crippen LogP contribution >= 0.6 is 15.9 Å². The van der Waals surface area contributed by atoms with E-state index in [2.05, 4.69) is 26.1 Å². The van der Waals surface area contributed by atoms with E-state index in [9.17, 15) is 0 Å². The molecule has 0 aliphatic carbocycles. The normalized spacial score (nSPS) is 10.5. The van der Waals surface area contributed by atoms with Crippen molar-refractivity contribution < 1.29 is 0 Å². The average molecular weight is 269 g/mol. The van der Waals surface area contributed by atoms with Crippen LogP contribution in [0.1, 0.15) is 0 Å². The number of hydrogen-bond acceptors (Lipinski definition) is 5. The molecule has 0 aliphatic rings. The van der Waals surface area contributed by atoms with E-state index in [1.54, 1.807) is 6.07 Å². The van der Waals surface area contributed by atoms with Gasteiger partial charge in [-0.25, -0.2) is 4.68 Å². The van der Waals surface area contributed by atoms with Crippen molar-refractivity contribution in [1.82, 2.24) is 14.9 Å². The lowest BCUT2D eigenvalue weighted by molar-refractivity contribution is 1.02. The molecular formula is C8H9BrN6. The maximum absolute atomic E-state index is 5.74. The van der Waals surface area contributed by atoms with Gasteiger partial charge in [-0.15, -0.1) is 10.2 Å². The quantitative estimate of drug-likeness (QED) is 0.518. The molecule has 0 unspecified atom stereocenters. The molecule has 1 aromatic carbocycles. The predicted molar refractivity (Wildman–Crippen MR) is 62.1 cm³/mol. The van der Waals surface area contributed by atoms with Crippen LogP contribution < -0.4 is 17.3 Å². The summed E-state index contributed by atoms with van der Waals surface area (Å²) in [6.07, 6.45) is 0. The van der Waals surface area contributed by atoms with Crippen LogP contribution in [-0.4, -0.2) is 14.9 Å². The highest BCUT2D eigenvalue weighted by molar-refractivity contribution is 9.10. The summed E-state index contributed by atoms with van der Waals surface area (Å²) in [5.74, 6) is 6.27. The number of halogens is 1. The maximum Gasteiger partial charge on any atom is 0.241 e. The molecular weight excluding hydrogens is 260 g/mol. The fourth-order valence-electron chi connectivity index (χ4n) is 1.18. The predicted octanol–water partition coefficient (Wildman–Crippen LogP) is 0.586. The highest BCUT2D eigenvalue weighted by atomic mass is 79.9. The summed E-state index contributed by atoms with van der Waals surface area (Å²) in [6, 6.07) is 5.39. The second kappa shape index (κ2) is 3.43. The zero-order valence-electron chi connectivity index (χ0n) is 7.68. The SMILES string of the molecule is Nc1cc(-c2nnc(N)n2N)ccc1Br. The summed E-state index contributed by atoms with van der Waals surface area (Å²) < 4.78 is 2.03. The molecule has 0 amide bonds. The van der Waals surface area contributed by atoms with Gasteiger partial charge in [0.1, 0.15) is 0 Å². The summed E-state index contributed by atoms with van der Waals surface area (Å²) in [5.41, 5.74) is 12.6. The lowest BCUT2D eigenvalue weighted by Crippen LogP contribution is -2.13. The number of nitrogens with two attached hydrogens (primary N) is 3. The largest absolute Gasteiger partial charge is 0.398 e. The Balaban J connectivity index is 2.55. The molecule has 1 heterocycles. The number of anilines is 2. The van der Waals surface area contributed by atoms with E-state index in [4.69, 9.17) is 17.3 Å². The number of hydrogen-bond donors (Lipinski definition) is 3. The number of rotatable bonds is 1. The van der Waals surface area contributed by atoms with Gasteiger partial charge in [-0.05, 0) is 34.1 Å². The third-order valence-corrected chi connectivity index (χ3v) is 2.70. The van der Waals surface area contributed by atoms with Gasteiger partial charge in [-0.1, -0.05) is 0 Å². The molecule has 2 rings (SSSR count). The Labute approximate surface area is 94.2 Å². The monoisotopic (exact) mass is 268 g/mol. The summed E-state index contributed by atoms with van der Waals surface area (Å²) in [6.45, 7) is 0. The minimum atomic E-state index is 0.159. The van der Waals surface area contributed by atoms with Crippen molar-refractivity contribution in [1.29, 1.82) is 0 Å². The summed E-state index contributed by atoms with van der Waals surface area (Å²) in [5, 5.41) is 7.51. The van der Waals surface area contributed by atoms with Crippen LogP contribution in [0.5, 0.6) is 0 Å². The molecule has 0 aliphatic heterocycles. The Hall–Kier alpha value is -1.76. The van der Waals surface area contributed by atoms with Gasteiger partial charge >= 0.3 is 0 Å². The van der Waals surface area contributed by atoms with E-state index >= 15 is 0 Å². The standard InChI is InChI=1S/C8H9BrN6/c9-5-2-1-4(3-6(5)10)7-13-14-8(11)15(7)12/h1-3H,10,12H2,(H2,11,14). The van der Waals surface area contributed by atoms with E-state index < -0.39 is 0 Å². The number of nitrogens with zero attached hydrogens (tertiary/aromatic N) is 3. The molecule has 0 bridgehead atoms. The molecule has 1 aromatic heterocycles. The zero-order valence-corrected chi connectivity index (χ0v) is 9.27. The Morgan fingerprint density at radius 1 is 1.20 bits per heavy atom. The molecule has 0 spiro atoms. The molecule has 7 heteroatoms. The summed E-state index contributed by atoms with van der Waals surface area (Å²) in [4.78, 5) is 0. The van der Waals surface area contributed by atoms with Crippen LogP contribution in [0.4, 0.5) is 11.6 Å². The minimum Gasteiger partial charge on any atom is -0.398 e. The first-order valence-corrected chi connectivity index (χ1v) is 4.90. The first kappa shape index (κ1) is 9.78. The highest BCUT2D eigenvalue weighted by Crippen LogP contribution is 2.25. The molecule has 0 atom stereocenters. The van der Waals surface area contributed by atoms with Gasteiger partial charge in [-0.2, -0.15) is 0 Å². The lowest BCUT2D eigenvalue weighted by atomic mass is 10.2. The zero-order chi connectivity index (χ0) is 11.0. The van der Waals surface area contributed by atoms with Crippen molar-refractivity contribution in [3.8, 4) is 11.4 Å². The van der Waals surface area contributed by atoms with E-state index in [0.717, 1.165) is 10.0 Å². The van der Waals surface area contributed by atoms with Gasteiger partial charge in [0.05, 0.1) is 0 Å². The van der Waals surface area contributed by atoms with Crippen molar-refractivity contribution in [3.05, 3.63) is 22.7 Å². The van der Waals surface area contributed by atoms with Crippen LogP contribution in [-0.2, 0) is 0 Å². The van der Waals surface area contributed by atoms with E-state index in [1.807, 2.05) is 12.1 Å². The van der Waals surface area contributed by atoms with Gasteiger partial charge < -0.3 is 17.3 Å². The third-order valence-electron chi connectivity index (χ3n) is 1.98. The second-order valence-corrected chi connectivity index (χ2v) is 3.84. The molecule has 6 nitrogen and oxygen atoms in total. The molecule has 0 saturated heterocycles. The minimum absolute atomic E-state index is 0.159. The third kappa shape index (κ3) is 1.61. The smallest absolute Gasteiger partial charge is 0.241 e. The number of benzene rings is 1. The average Bonchev–Trinajstić information content (AvgIpc) is 2.53. The van der Waals surface area contributed by atoms with E-state index in [0.29, 0.717) is 11.5 Å². The number of nitrogen functional groups attached to an aromatic ring is 3. The molecule has 15 heavy (non-hydrogen) atoms. The van der Waals surface area contributed by atoms with Gasteiger partial charge in [0, 0.05) is 15.7 Å². The Morgan fingerprint density at radius 2 is 1.93 bits per heavy atom. The Morgan fingerprint density at radius 3 is 2.47 bits per heavy atom. The molecule has 0 saturated carbocycles. The fourth-order valence-corrected chi connectivity index (χ4v) is 1.43. The van der Waals surface area contributed by atoms with Gasteiger partial charge in [-0.3, -0.25) is 0 Å². The topological polar surface area (TPSA) is 109 Å². The molecule has 6 N–H and O–H groups in total. The van der Waals surface area contributed by atoms with Crippen molar-refractivity contribution in [3.63, 3.8) is 0 Å². The van der Waals surface area contributed by atoms with Crippen LogP contribution in [0.15, 0.2) is 22.7 Å². The van der Waals surface area contributed by atoms with E-state index in [1.165, 1.54) is 4.68 Å². The van der Waals surface area contributed by atoms with E-state index in [-0.39, 0.29) is 5.95 Å². The summed E-state index contributed by atoms with van der Waals surface area (Å²) >= 11 is 3.30. The van der Waals surface area contributed by atoms with Crippen LogP contribution in [0.3, 0.4) is 0 Å². The maximum atomic E-state index is 5.74. The first-order valence-electron chi connectivity index (χ1n) is 4.11. The molecule has 0 fully saturated rings. The summed E-state index contributed by atoms with van der Waals surface area (Å²) in [7, 11) is 0. The van der Waals surface area contributed by atoms with Crippen molar-refractivity contribution >= 4 is 27.6 Å². The molecule has 78 valence electrons. The highest BCUT2D eigenvalue weighted by Gasteiger charge is 2.09.